The van der Waals surface area contributed by atoms with Crippen molar-refractivity contribution >= 4 is 12.4 Å². The number of ether oxygens (including phenoxy) is 1. The first kappa shape index (κ1) is 7.53. The first-order chi connectivity index (χ1) is 3.39. The van der Waals surface area contributed by atoms with Gasteiger partial charge in [-0.1, -0.05) is 6.08 Å². The third kappa shape index (κ3) is 2.00. The maximum Gasteiger partial charge on any atom is 0.166 e. The molecule has 1 unspecified atom stereocenters. The molecule has 0 aromatic rings. The third-order valence-corrected chi connectivity index (χ3v) is 0.726. The molecule has 0 aromatic heterocycles. The molecule has 0 spiro atoms. The van der Waals surface area contributed by atoms with Crippen LogP contribution in [-0.2, 0) is 4.74 Å². The minimum Gasteiger partial charge on any atom is -0.480 e. The highest BCUT2D eigenvalue weighted by Gasteiger charge is 1.92. The van der Waals surface area contributed by atoms with Gasteiger partial charge in [0, 0.05) is 0 Å². The van der Waals surface area contributed by atoms with Crippen molar-refractivity contribution in [1.82, 2.24) is 0 Å². The lowest BCUT2D eigenvalue weighted by molar-refractivity contribution is 0.190. The van der Waals surface area contributed by atoms with Crippen molar-refractivity contribution in [1.29, 1.82) is 0 Å². The van der Waals surface area contributed by atoms with E-state index in [1.54, 1.807) is 18.4 Å². The topological polar surface area (TPSA) is 35.2 Å². The Labute approximate surface area is 54.4 Å². The molecule has 46 valence electrons. The van der Waals surface area contributed by atoms with Crippen LogP contribution in [0.5, 0.6) is 0 Å². The molecule has 0 aliphatic carbocycles. The van der Waals surface area contributed by atoms with Crippen LogP contribution in [0.4, 0.5) is 0 Å². The molecular weight excluding hydrogens is 126 g/mol. The molecule has 0 saturated heterocycles. The van der Waals surface area contributed by atoms with E-state index in [1.807, 2.05) is 6.08 Å². The Bertz CT molecular complexity index is 111. The van der Waals surface area contributed by atoms with E-state index in [4.69, 9.17) is 10.5 Å². The lowest BCUT2D eigenvalue weighted by Gasteiger charge is -2.06. The van der Waals surface area contributed by atoms with Crippen LogP contribution in [-0.4, -0.2) is 6.23 Å². The van der Waals surface area contributed by atoms with Crippen LogP contribution in [0.25, 0.3) is 0 Å². The summed E-state index contributed by atoms with van der Waals surface area (Å²) in [6.07, 6.45) is 6.77. The zero-order chi connectivity index (χ0) is 5.11. The Balaban J connectivity index is 0.000000490. The number of hydrogen-bond donors (Lipinski definition) is 1. The summed E-state index contributed by atoms with van der Waals surface area (Å²) in [6.45, 7) is 0. The smallest absolute Gasteiger partial charge is 0.166 e. The first-order valence-electron chi connectivity index (χ1n) is 2.14. The van der Waals surface area contributed by atoms with Gasteiger partial charge < -0.3 is 4.74 Å². The maximum absolute atomic E-state index is 5.27. The van der Waals surface area contributed by atoms with E-state index in [0.29, 0.717) is 0 Å². The monoisotopic (exact) mass is 133 g/mol. The molecule has 8 heavy (non-hydrogen) atoms. The molecule has 2 N–H and O–H groups in total. The van der Waals surface area contributed by atoms with Crippen molar-refractivity contribution in [2.24, 2.45) is 5.73 Å². The summed E-state index contributed by atoms with van der Waals surface area (Å²) < 4.78 is 4.79. The molecular formula is C5H8ClNO. The van der Waals surface area contributed by atoms with Crippen molar-refractivity contribution < 1.29 is 4.74 Å². The van der Waals surface area contributed by atoms with E-state index in [2.05, 4.69) is 0 Å². The van der Waals surface area contributed by atoms with E-state index in [0.717, 1.165) is 0 Å². The van der Waals surface area contributed by atoms with Crippen LogP contribution in [0.3, 0.4) is 0 Å². The summed E-state index contributed by atoms with van der Waals surface area (Å²) in [5.74, 6) is 0. The normalized spacial score (nSPS) is 23.9. The fourth-order valence-electron chi connectivity index (χ4n) is 0.400. The predicted octanol–water partition coefficient (Wildman–Crippen LogP) is 0.793. The molecule has 3 heteroatoms. The molecule has 0 fully saturated rings. The zero-order valence-corrected chi connectivity index (χ0v) is 5.10. The number of hydrogen-bond acceptors (Lipinski definition) is 2. The average molecular weight is 134 g/mol. The van der Waals surface area contributed by atoms with Crippen molar-refractivity contribution in [3.05, 3.63) is 24.5 Å². The van der Waals surface area contributed by atoms with Gasteiger partial charge in [0.1, 0.15) is 0 Å². The molecule has 0 aromatic carbocycles. The summed E-state index contributed by atoms with van der Waals surface area (Å²) >= 11 is 0. The van der Waals surface area contributed by atoms with Crippen LogP contribution >= 0.6 is 12.4 Å². The van der Waals surface area contributed by atoms with Crippen LogP contribution in [0, 0.1) is 0 Å². The molecule has 0 radical (unpaired) electrons. The minimum atomic E-state index is -0.231. The van der Waals surface area contributed by atoms with Crippen LogP contribution in [0.1, 0.15) is 0 Å². The summed E-state index contributed by atoms with van der Waals surface area (Å²) in [6, 6.07) is 0. The number of rotatable bonds is 0. The molecule has 1 aliphatic heterocycles. The van der Waals surface area contributed by atoms with Gasteiger partial charge in [0.15, 0.2) is 6.23 Å². The van der Waals surface area contributed by atoms with Crippen molar-refractivity contribution in [3.8, 4) is 0 Å². The highest BCUT2D eigenvalue weighted by molar-refractivity contribution is 5.85. The molecule has 0 amide bonds. The standard InChI is InChI=1S/C5H7NO.ClH/c6-5-3-1-2-4-7-5;/h1-5H,6H2;1H. The van der Waals surface area contributed by atoms with Crippen molar-refractivity contribution in [2.75, 3.05) is 0 Å². The largest absolute Gasteiger partial charge is 0.480 e. The van der Waals surface area contributed by atoms with Crippen molar-refractivity contribution in [2.45, 2.75) is 6.23 Å². The van der Waals surface area contributed by atoms with E-state index in [1.165, 1.54) is 0 Å². The predicted molar refractivity (Wildman–Crippen MR) is 34.6 cm³/mol. The maximum atomic E-state index is 5.27. The molecule has 1 heterocycles. The summed E-state index contributed by atoms with van der Waals surface area (Å²) in [7, 11) is 0. The number of halogens is 1. The SMILES string of the molecule is Cl.NC1C=CC=CO1. The van der Waals surface area contributed by atoms with E-state index in [-0.39, 0.29) is 18.6 Å². The zero-order valence-electron chi connectivity index (χ0n) is 4.28. The lowest BCUT2D eigenvalue weighted by atomic mass is 10.4. The average Bonchev–Trinajstić information content (AvgIpc) is 1.69. The van der Waals surface area contributed by atoms with E-state index < -0.39 is 0 Å². The van der Waals surface area contributed by atoms with Gasteiger partial charge >= 0.3 is 0 Å². The quantitative estimate of drug-likeness (QED) is 0.531. The van der Waals surface area contributed by atoms with Gasteiger partial charge in [-0.2, -0.15) is 0 Å². The van der Waals surface area contributed by atoms with Gasteiger partial charge in [-0.05, 0) is 12.2 Å². The Morgan fingerprint density at radius 2 is 2.12 bits per heavy atom. The van der Waals surface area contributed by atoms with Gasteiger partial charge in [0.25, 0.3) is 0 Å². The minimum absolute atomic E-state index is 0. The molecule has 0 saturated carbocycles. The fourth-order valence-corrected chi connectivity index (χ4v) is 0.400. The van der Waals surface area contributed by atoms with Crippen LogP contribution < -0.4 is 5.73 Å². The second kappa shape index (κ2) is 3.52. The lowest BCUT2D eigenvalue weighted by Crippen LogP contribution is -2.19. The van der Waals surface area contributed by atoms with Gasteiger partial charge in [-0.3, -0.25) is 5.73 Å². The summed E-state index contributed by atoms with van der Waals surface area (Å²) in [5, 5.41) is 0. The highest BCUT2D eigenvalue weighted by Crippen LogP contribution is 1.93. The van der Waals surface area contributed by atoms with Crippen LogP contribution in [0.2, 0.25) is 0 Å². The number of nitrogens with two attached hydrogens (primary N) is 1. The van der Waals surface area contributed by atoms with Crippen molar-refractivity contribution in [3.63, 3.8) is 0 Å². The number of allylic oxidation sites excluding steroid dienone is 2. The van der Waals surface area contributed by atoms with Gasteiger partial charge in [0.05, 0.1) is 6.26 Å². The molecule has 1 atom stereocenters. The second-order valence-electron chi connectivity index (χ2n) is 1.31. The first-order valence-corrected chi connectivity index (χ1v) is 2.14. The third-order valence-electron chi connectivity index (χ3n) is 0.726. The van der Waals surface area contributed by atoms with Gasteiger partial charge in [-0.25, -0.2) is 0 Å². The summed E-state index contributed by atoms with van der Waals surface area (Å²) in [5.41, 5.74) is 5.27. The Morgan fingerprint density at radius 3 is 2.38 bits per heavy atom. The summed E-state index contributed by atoms with van der Waals surface area (Å²) in [4.78, 5) is 0. The molecule has 1 aliphatic rings. The second-order valence-corrected chi connectivity index (χ2v) is 1.31. The van der Waals surface area contributed by atoms with E-state index >= 15 is 0 Å². The molecule has 2 nitrogen and oxygen atoms in total. The Kier molecular flexibility index (Phi) is 3.31. The van der Waals surface area contributed by atoms with Gasteiger partial charge in [0.2, 0.25) is 0 Å². The van der Waals surface area contributed by atoms with E-state index in [9.17, 15) is 0 Å². The fraction of sp³-hybridized carbons (Fsp3) is 0.200. The highest BCUT2D eigenvalue weighted by atomic mass is 35.5. The molecule has 0 bridgehead atoms. The Hall–Kier alpha value is -0.470. The van der Waals surface area contributed by atoms with Crippen LogP contribution in [0.15, 0.2) is 24.5 Å². The Morgan fingerprint density at radius 1 is 1.38 bits per heavy atom. The molecule has 1 rings (SSSR count). The van der Waals surface area contributed by atoms with Gasteiger partial charge in [-0.15, -0.1) is 12.4 Å².